The number of hydrogen-bond donors (Lipinski definition) is 3. The molecule has 1 aromatic heterocycles. The summed E-state index contributed by atoms with van der Waals surface area (Å²) in [6, 6.07) is 14.0. The zero-order chi connectivity index (χ0) is 22.5. The highest BCUT2D eigenvalue weighted by Crippen LogP contribution is 2.44. The third kappa shape index (κ3) is 4.21. The number of aromatic nitrogens is 1. The van der Waals surface area contributed by atoms with Gasteiger partial charge in [0, 0.05) is 11.8 Å². The topological polar surface area (TPSA) is 87.7 Å². The largest absolute Gasteiger partial charge is 0.433 e. The molecular weight excluding hydrogens is 417 g/mol. The fraction of sp³-hybridized carbons (Fsp3) is 0.435. The molecule has 9 heteroatoms. The number of hydrogen-bond acceptors (Lipinski definition) is 4. The number of halogens is 3. The van der Waals surface area contributed by atoms with Gasteiger partial charge in [0.1, 0.15) is 11.4 Å². The van der Waals surface area contributed by atoms with E-state index < -0.39 is 17.7 Å². The lowest BCUT2D eigenvalue weighted by atomic mass is 9.97. The van der Waals surface area contributed by atoms with Gasteiger partial charge in [-0.05, 0) is 42.9 Å². The van der Waals surface area contributed by atoms with Crippen LogP contribution in [-0.2, 0) is 6.18 Å². The second-order valence-electron chi connectivity index (χ2n) is 8.87. The average Bonchev–Trinajstić information content (AvgIpc) is 3.68. The Hall–Kier alpha value is -2.94. The number of alkyl halides is 3. The van der Waals surface area contributed by atoms with Crippen molar-refractivity contribution in [2.75, 3.05) is 0 Å². The highest BCUT2D eigenvalue weighted by molar-refractivity contribution is 6.09. The van der Waals surface area contributed by atoms with E-state index in [-0.39, 0.29) is 23.5 Å². The maximum atomic E-state index is 13.2. The van der Waals surface area contributed by atoms with Gasteiger partial charge < -0.3 is 10.6 Å². The molecule has 32 heavy (non-hydrogen) atoms. The van der Waals surface area contributed by atoms with E-state index in [9.17, 15) is 13.2 Å². The Kier molecular flexibility index (Phi) is 4.96. The van der Waals surface area contributed by atoms with Crippen LogP contribution >= 0.6 is 0 Å². The summed E-state index contributed by atoms with van der Waals surface area (Å²) >= 11 is 0. The SMILES string of the molecule is C[C@H](C1CC1)C1(N)N=C(c2cccc(C(F)(F)F)n2)NC(=N[C@@H]2C[C@H]2c2ccccc2)N1. The summed E-state index contributed by atoms with van der Waals surface area (Å²) in [5.41, 5.74) is 6.99. The molecule has 168 valence electrons. The molecule has 1 unspecified atom stereocenters. The Labute approximate surface area is 184 Å². The van der Waals surface area contributed by atoms with E-state index in [2.05, 4.69) is 32.7 Å². The van der Waals surface area contributed by atoms with Crippen LogP contribution in [0.1, 0.15) is 49.1 Å². The van der Waals surface area contributed by atoms with Crippen molar-refractivity contribution in [1.82, 2.24) is 15.6 Å². The van der Waals surface area contributed by atoms with Crippen molar-refractivity contribution in [1.29, 1.82) is 0 Å². The first-order valence-corrected chi connectivity index (χ1v) is 10.8. The number of benzene rings is 1. The van der Waals surface area contributed by atoms with E-state index in [0.29, 0.717) is 17.8 Å². The van der Waals surface area contributed by atoms with Crippen LogP contribution in [0, 0.1) is 11.8 Å². The molecular formula is C23H25F3N6. The molecule has 0 spiro atoms. The van der Waals surface area contributed by atoms with Crippen LogP contribution < -0.4 is 16.4 Å². The minimum absolute atomic E-state index is 0.0141. The molecule has 2 aromatic rings. The quantitative estimate of drug-likeness (QED) is 0.660. The van der Waals surface area contributed by atoms with Gasteiger partial charge in [0.05, 0.1) is 6.04 Å². The van der Waals surface area contributed by atoms with Crippen molar-refractivity contribution in [3.63, 3.8) is 0 Å². The van der Waals surface area contributed by atoms with Crippen molar-refractivity contribution < 1.29 is 13.2 Å². The van der Waals surface area contributed by atoms with Crippen molar-refractivity contribution >= 4 is 11.8 Å². The van der Waals surface area contributed by atoms with Gasteiger partial charge in [-0.1, -0.05) is 43.3 Å². The maximum absolute atomic E-state index is 13.2. The molecule has 5 rings (SSSR count). The fourth-order valence-corrected chi connectivity index (χ4v) is 4.20. The van der Waals surface area contributed by atoms with Crippen LogP contribution in [-0.4, -0.2) is 28.6 Å². The molecule has 6 nitrogen and oxygen atoms in total. The molecule has 0 saturated heterocycles. The number of nitrogens with zero attached hydrogens (tertiary/aromatic N) is 3. The Morgan fingerprint density at radius 3 is 2.56 bits per heavy atom. The first kappa shape index (κ1) is 20.9. The standard InChI is InChI=1S/C23H25F3N6/c1-13(14-10-11-14)23(27)31-20(17-8-5-9-19(28-17)22(24,25)26)30-21(32-23)29-18-12-16(18)15-6-3-2-4-7-15/h2-9,13-14,16,18H,10-12,27H2,1H3,(H2,29,30,31,32)/t13-,16+,18-,23?/m1/s1. The number of aliphatic imine (C=N–C) groups is 2. The molecule has 3 aliphatic rings. The van der Waals surface area contributed by atoms with Crippen molar-refractivity contribution in [2.45, 2.75) is 50.1 Å². The van der Waals surface area contributed by atoms with Crippen LogP contribution in [0.5, 0.6) is 0 Å². The van der Waals surface area contributed by atoms with Crippen LogP contribution in [0.4, 0.5) is 13.2 Å². The minimum atomic E-state index is -4.54. The van der Waals surface area contributed by atoms with Gasteiger partial charge >= 0.3 is 6.18 Å². The molecule has 4 N–H and O–H groups in total. The molecule has 0 amide bonds. The molecule has 2 fully saturated rings. The molecule has 1 aliphatic heterocycles. The Morgan fingerprint density at radius 2 is 1.88 bits per heavy atom. The highest BCUT2D eigenvalue weighted by Gasteiger charge is 2.46. The summed E-state index contributed by atoms with van der Waals surface area (Å²) in [5, 5.41) is 6.26. The molecule has 2 heterocycles. The van der Waals surface area contributed by atoms with Gasteiger partial charge in [-0.2, -0.15) is 13.2 Å². The van der Waals surface area contributed by atoms with Gasteiger partial charge in [-0.15, -0.1) is 0 Å². The van der Waals surface area contributed by atoms with Gasteiger partial charge in [-0.25, -0.2) is 15.0 Å². The summed E-state index contributed by atoms with van der Waals surface area (Å²) in [7, 11) is 0. The lowest BCUT2D eigenvalue weighted by molar-refractivity contribution is -0.141. The van der Waals surface area contributed by atoms with Gasteiger partial charge in [0.25, 0.3) is 0 Å². The number of guanidine groups is 1. The van der Waals surface area contributed by atoms with E-state index in [4.69, 9.17) is 10.7 Å². The Morgan fingerprint density at radius 1 is 1.12 bits per heavy atom. The number of amidine groups is 1. The summed E-state index contributed by atoms with van der Waals surface area (Å²) in [6.07, 6.45) is -1.51. The normalized spacial score (nSPS) is 29.7. The average molecular weight is 442 g/mol. The van der Waals surface area contributed by atoms with Crippen molar-refractivity contribution in [2.24, 2.45) is 27.6 Å². The number of nitrogens with two attached hydrogens (primary N) is 1. The molecule has 1 aromatic carbocycles. The van der Waals surface area contributed by atoms with Crippen molar-refractivity contribution in [3.8, 4) is 0 Å². The van der Waals surface area contributed by atoms with Crippen LogP contribution in [0.15, 0.2) is 58.5 Å². The molecule has 0 bridgehead atoms. The van der Waals surface area contributed by atoms with E-state index >= 15 is 0 Å². The van der Waals surface area contributed by atoms with Gasteiger partial charge in [0.15, 0.2) is 17.6 Å². The highest BCUT2D eigenvalue weighted by atomic mass is 19.4. The monoisotopic (exact) mass is 442 g/mol. The van der Waals surface area contributed by atoms with E-state index in [1.54, 1.807) is 0 Å². The maximum Gasteiger partial charge on any atom is 0.433 e. The third-order valence-corrected chi connectivity index (χ3v) is 6.44. The predicted molar refractivity (Wildman–Crippen MR) is 116 cm³/mol. The number of rotatable bonds is 5. The smallest absolute Gasteiger partial charge is 0.319 e. The first-order valence-electron chi connectivity index (χ1n) is 10.8. The summed E-state index contributed by atoms with van der Waals surface area (Å²) in [6.45, 7) is 2.01. The molecule has 4 atom stereocenters. The Balaban J connectivity index is 1.46. The van der Waals surface area contributed by atoms with Gasteiger partial charge in [-0.3, -0.25) is 5.73 Å². The van der Waals surface area contributed by atoms with Crippen LogP contribution in [0.3, 0.4) is 0 Å². The summed E-state index contributed by atoms with van der Waals surface area (Å²) in [5.74, 6) is 0.166. The first-order chi connectivity index (χ1) is 15.2. The zero-order valence-electron chi connectivity index (χ0n) is 17.6. The van der Waals surface area contributed by atoms with E-state index in [0.717, 1.165) is 25.3 Å². The predicted octanol–water partition coefficient (Wildman–Crippen LogP) is 3.61. The number of nitrogens with one attached hydrogen (secondary N) is 2. The second-order valence-corrected chi connectivity index (χ2v) is 8.87. The zero-order valence-corrected chi connectivity index (χ0v) is 17.6. The van der Waals surface area contributed by atoms with Gasteiger partial charge in [0.2, 0.25) is 0 Å². The fourth-order valence-electron chi connectivity index (χ4n) is 4.20. The van der Waals surface area contributed by atoms with E-state index in [1.165, 1.54) is 17.7 Å². The number of pyridine rings is 1. The lowest BCUT2D eigenvalue weighted by Crippen LogP contribution is -2.66. The summed E-state index contributed by atoms with van der Waals surface area (Å²) in [4.78, 5) is 13.2. The third-order valence-electron chi connectivity index (χ3n) is 6.44. The van der Waals surface area contributed by atoms with Crippen molar-refractivity contribution in [3.05, 3.63) is 65.5 Å². The van der Waals surface area contributed by atoms with Crippen LogP contribution in [0.2, 0.25) is 0 Å². The molecule has 2 saturated carbocycles. The summed E-state index contributed by atoms with van der Waals surface area (Å²) < 4.78 is 39.6. The Bertz CT molecular complexity index is 1060. The second kappa shape index (κ2) is 7.58. The minimum Gasteiger partial charge on any atom is -0.319 e. The van der Waals surface area contributed by atoms with Crippen LogP contribution in [0.25, 0.3) is 0 Å². The molecule has 0 radical (unpaired) electrons. The lowest BCUT2D eigenvalue weighted by Gasteiger charge is -2.38. The van der Waals surface area contributed by atoms with E-state index in [1.807, 2.05) is 25.1 Å². The molecule has 2 aliphatic carbocycles.